The number of carbonyl (C=O) groups is 1. The molecule has 1 aliphatic rings. The van der Waals surface area contributed by atoms with E-state index in [1.807, 2.05) is 0 Å². The Morgan fingerprint density at radius 3 is 2.57 bits per heavy atom. The van der Waals surface area contributed by atoms with Crippen molar-refractivity contribution in [3.05, 3.63) is 35.1 Å². The molecule has 114 valence electrons. The molecule has 4 nitrogen and oxygen atoms in total. The van der Waals surface area contributed by atoms with Crippen LogP contribution in [0.25, 0.3) is 0 Å². The quantitative estimate of drug-likeness (QED) is 0.810. The largest absolute Gasteiger partial charge is 0.389 e. The Kier molecular flexibility index (Phi) is 5.25. The normalized spacial score (nSPS) is 16.8. The lowest BCUT2D eigenvalue weighted by atomic mass is 9.93. The Morgan fingerprint density at radius 2 is 2.00 bits per heavy atom. The SMILES string of the molecule is NC(=O)CC1CCN(Cc2cc(C(N)=S)ccc2F)CC1. The summed E-state index contributed by atoms with van der Waals surface area (Å²) >= 11 is 4.92. The van der Waals surface area contributed by atoms with Gasteiger partial charge >= 0.3 is 0 Å². The number of hydrogen-bond acceptors (Lipinski definition) is 3. The van der Waals surface area contributed by atoms with Gasteiger partial charge in [-0.25, -0.2) is 4.39 Å². The molecular weight excluding hydrogens is 289 g/mol. The van der Waals surface area contributed by atoms with Crippen molar-refractivity contribution in [3.8, 4) is 0 Å². The molecule has 6 heteroatoms. The molecule has 1 saturated heterocycles. The van der Waals surface area contributed by atoms with Crippen molar-refractivity contribution in [1.29, 1.82) is 0 Å². The Balaban J connectivity index is 1.95. The Hall–Kier alpha value is -1.53. The summed E-state index contributed by atoms with van der Waals surface area (Å²) < 4.78 is 13.9. The van der Waals surface area contributed by atoms with Crippen LogP contribution in [0.3, 0.4) is 0 Å². The smallest absolute Gasteiger partial charge is 0.217 e. The van der Waals surface area contributed by atoms with Crippen molar-refractivity contribution in [2.75, 3.05) is 13.1 Å². The van der Waals surface area contributed by atoms with Gasteiger partial charge in [0.25, 0.3) is 0 Å². The number of halogens is 1. The lowest BCUT2D eigenvalue weighted by Crippen LogP contribution is -2.34. The molecule has 0 atom stereocenters. The van der Waals surface area contributed by atoms with Gasteiger partial charge in [-0.2, -0.15) is 0 Å². The number of likely N-dealkylation sites (tertiary alicyclic amines) is 1. The molecule has 1 aliphatic heterocycles. The highest BCUT2D eigenvalue weighted by atomic mass is 32.1. The molecule has 0 spiro atoms. The molecule has 1 heterocycles. The first-order valence-electron chi connectivity index (χ1n) is 7.04. The van der Waals surface area contributed by atoms with Crippen LogP contribution < -0.4 is 11.5 Å². The van der Waals surface area contributed by atoms with Crippen molar-refractivity contribution >= 4 is 23.1 Å². The summed E-state index contributed by atoms with van der Waals surface area (Å²) in [6.07, 6.45) is 2.28. The zero-order chi connectivity index (χ0) is 15.4. The van der Waals surface area contributed by atoms with Gasteiger partial charge in [0.2, 0.25) is 5.91 Å². The fourth-order valence-corrected chi connectivity index (χ4v) is 2.85. The maximum absolute atomic E-state index is 13.9. The van der Waals surface area contributed by atoms with E-state index in [1.165, 1.54) is 6.07 Å². The zero-order valence-electron chi connectivity index (χ0n) is 11.8. The number of hydrogen-bond donors (Lipinski definition) is 2. The second-order valence-electron chi connectivity index (χ2n) is 5.56. The van der Waals surface area contributed by atoms with Crippen molar-refractivity contribution < 1.29 is 9.18 Å². The number of carbonyl (C=O) groups excluding carboxylic acids is 1. The van der Waals surface area contributed by atoms with Gasteiger partial charge in [-0.1, -0.05) is 12.2 Å². The monoisotopic (exact) mass is 309 g/mol. The lowest BCUT2D eigenvalue weighted by Gasteiger charge is -2.31. The summed E-state index contributed by atoms with van der Waals surface area (Å²) in [6.45, 7) is 2.22. The molecule has 0 radical (unpaired) electrons. The molecule has 0 bridgehead atoms. The molecule has 0 saturated carbocycles. The van der Waals surface area contributed by atoms with E-state index in [-0.39, 0.29) is 16.7 Å². The van der Waals surface area contributed by atoms with Crippen LogP contribution in [0.5, 0.6) is 0 Å². The number of rotatable bonds is 5. The molecule has 4 N–H and O–H groups in total. The van der Waals surface area contributed by atoms with Crippen LogP contribution in [0.1, 0.15) is 30.4 Å². The summed E-state index contributed by atoms with van der Waals surface area (Å²) in [4.78, 5) is 13.4. The van der Waals surface area contributed by atoms with Crippen molar-refractivity contribution in [3.63, 3.8) is 0 Å². The fraction of sp³-hybridized carbons (Fsp3) is 0.467. The summed E-state index contributed by atoms with van der Waals surface area (Å²) in [7, 11) is 0. The number of thiocarbonyl (C=S) groups is 1. The maximum Gasteiger partial charge on any atom is 0.217 e. The third kappa shape index (κ3) is 4.47. The summed E-state index contributed by atoms with van der Waals surface area (Å²) in [6, 6.07) is 4.72. The minimum atomic E-state index is -0.247. The number of nitrogens with zero attached hydrogens (tertiary/aromatic N) is 1. The highest BCUT2D eigenvalue weighted by Crippen LogP contribution is 2.22. The second-order valence-corrected chi connectivity index (χ2v) is 6.00. The Bertz CT molecular complexity index is 542. The first kappa shape index (κ1) is 15.9. The van der Waals surface area contributed by atoms with Crippen LogP contribution in [0.2, 0.25) is 0 Å². The van der Waals surface area contributed by atoms with E-state index in [0.717, 1.165) is 25.9 Å². The number of primary amides is 1. The highest BCUT2D eigenvalue weighted by molar-refractivity contribution is 7.80. The van der Waals surface area contributed by atoms with Gasteiger partial charge in [-0.3, -0.25) is 9.69 Å². The highest BCUT2D eigenvalue weighted by Gasteiger charge is 2.21. The number of amides is 1. The summed E-state index contributed by atoms with van der Waals surface area (Å²) in [5.41, 5.74) is 12.1. The molecule has 1 aromatic rings. The van der Waals surface area contributed by atoms with E-state index in [4.69, 9.17) is 23.7 Å². The lowest BCUT2D eigenvalue weighted by molar-refractivity contribution is -0.119. The number of piperidine rings is 1. The van der Waals surface area contributed by atoms with E-state index in [0.29, 0.717) is 30.0 Å². The van der Waals surface area contributed by atoms with Gasteiger partial charge in [0.15, 0.2) is 0 Å². The maximum atomic E-state index is 13.9. The van der Waals surface area contributed by atoms with E-state index >= 15 is 0 Å². The average molecular weight is 309 g/mol. The second kappa shape index (κ2) is 6.95. The molecule has 1 amide bonds. The third-order valence-electron chi connectivity index (χ3n) is 3.92. The van der Waals surface area contributed by atoms with Gasteiger partial charge < -0.3 is 11.5 Å². The standard InChI is InChI=1S/C15H20FN3OS/c16-13-2-1-11(15(18)21)8-12(13)9-19-5-3-10(4-6-19)7-14(17)20/h1-2,8,10H,3-7,9H2,(H2,17,20)(H2,18,21). The molecule has 0 aliphatic carbocycles. The minimum absolute atomic E-state index is 0.241. The molecule has 1 aromatic carbocycles. The molecule has 2 rings (SSSR count). The van der Waals surface area contributed by atoms with E-state index in [1.54, 1.807) is 12.1 Å². The molecule has 1 fully saturated rings. The Morgan fingerprint density at radius 1 is 1.33 bits per heavy atom. The van der Waals surface area contributed by atoms with Crippen LogP contribution in [-0.4, -0.2) is 28.9 Å². The Labute approximate surface area is 129 Å². The predicted molar refractivity (Wildman–Crippen MR) is 84.1 cm³/mol. The zero-order valence-corrected chi connectivity index (χ0v) is 12.7. The number of benzene rings is 1. The van der Waals surface area contributed by atoms with Crippen LogP contribution in [0.15, 0.2) is 18.2 Å². The van der Waals surface area contributed by atoms with Crippen LogP contribution in [0.4, 0.5) is 4.39 Å². The fourth-order valence-electron chi connectivity index (χ4n) is 2.72. The summed E-state index contributed by atoms with van der Waals surface area (Å²) in [5, 5.41) is 0. The summed E-state index contributed by atoms with van der Waals surface area (Å²) in [5.74, 6) is -0.135. The first-order valence-corrected chi connectivity index (χ1v) is 7.45. The van der Waals surface area contributed by atoms with Gasteiger partial charge in [0.1, 0.15) is 10.8 Å². The van der Waals surface area contributed by atoms with E-state index in [2.05, 4.69) is 4.90 Å². The van der Waals surface area contributed by atoms with Gasteiger partial charge in [0.05, 0.1) is 0 Å². The third-order valence-corrected chi connectivity index (χ3v) is 4.16. The average Bonchev–Trinajstić information content (AvgIpc) is 2.42. The molecule has 0 aromatic heterocycles. The van der Waals surface area contributed by atoms with Gasteiger partial charge in [-0.05, 0) is 50.0 Å². The molecule has 21 heavy (non-hydrogen) atoms. The van der Waals surface area contributed by atoms with E-state index < -0.39 is 0 Å². The topological polar surface area (TPSA) is 72.4 Å². The van der Waals surface area contributed by atoms with Crippen LogP contribution >= 0.6 is 12.2 Å². The van der Waals surface area contributed by atoms with Crippen LogP contribution in [0, 0.1) is 11.7 Å². The van der Waals surface area contributed by atoms with Gasteiger partial charge in [-0.15, -0.1) is 0 Å². The first-order chi connectivity index (χ1) is 9.95. The molecular formula is C15H20FN3OS. The van der Waals surface area contributed by atoms with Crippen molar-refractivity contribution in [2.24, 2.45) is 17.4 Å². The predicted octanol–water partition coefficient (Wildman–Crippen LogP) is 1.55. The van der Waals surface area contributed by atoms with E-state index in [9.17, 15) is 9.18 Å². The van der Waals surface area contributed by atoms with Crippen molar-refractivity contribution in [1.82, 2.24) is 4.90 Å². The van der Waals surface area contributed by atoms with Crippen LogP contribution in [-0.2, 0) is 11.3 Å². The number of nitrogens with two attached hydrogens (primary N) is 2. The molecule has 0 unspecified atom stereocenters. The minimum Gasteiger partial charge on any atom is -0.389 e. The van der Waals surface area contributed by atoms with Crippen molar-refractivity contribution in [2.45, 2.75) is 25.8 Å². The van der Waals surface area contributed by atoms with Gasteiger partial charge in [0, 0.05) is 24.1 Å².